The lowest BCUT2D eigenvalue weighted by molar-refractivity contribution is 0.454. The molecule has 208 valence electrons. The fraction of sp³-hybridized carbons (Fsp3) is 0.212. The Morgan fingerprint density at radius 2 is 1.79 bits per heavy atom. The molecule has 0 spiro atoms. The van der Waals surface area contributed by atoms with Crippen LogP contribution in [0.5, 0.6) is 0 Å². The molecule has 6 aromatic rings. The summed E-state index contributed by atoms with van der Waals surface area (Å²) < 4.78 is 3.86. The molecule has 0 saturated carbocycles. The summed E-state index contributed by atoms with van der Waals surface area (Å²) in [5.74, 6) is 1.89. The van der Waals surface area contributed by atoms with Crippen LogP contribution in [0.25, 0.3) is 34.1 Å². The number of fused-ring (bicyclic) bond motifs is 2. The molecule has 3 N–H and O–H groups in total. The first-order valence-electron chi connectivity index (χ1n) is 14.5. The second kappa shape index (κ2) is 10.1. The second-order valence-electron chi connectivity index (χ2n) is 11.1. The Hall–Kier alpha value is -5.02. The predicted octanol–water partition coefficient (Wildman–Crippen LogP) is 5.11. The molecular formula is C33H31N9. The Morgan fingerprint density at radius 3 is 2.64 bits per heavy atom. The molecule has 5 heterocycles. The molecule has 42 heavy (non-hydrogen) atoms. The number of benzene rings is 2. The van der Waals surface area contributed by atoms with E-state index in [1.54, 1.807) is 17.1 Å². The minimum absolute atomic E-state index is 0.354. The highest BCUT2D eigenvalue weighted by Crippen LogP contribution is 2.36. The maximum absolute atomic E-state index is 6.35. The number of nitrogens with two attached hydrogens (primary N) is 1. The van der Waals surface area contributed by atoms with Gasteiger partial charge in [0.2, 0.25) is 0 Å². The molecule has 1 aliphatic heterocycles. The van der Waals surface area contributed by atoms with Crippen molar-refractivity contribution < 1.29 is 0 Å². The highest BCUT2D eigenvalue weighted by molar-refractivity contribution is 5.83. The standard InChI is InChI=1S/C33H31N9/c34-31-27(8-4-16-35-31)32-38-29-13-14-30(41-18-5-17-36-41)39-33(29)42(32)25-10-11-26-22(20-25)9-12-28(26)37-23-15-19-40(21-23)24-6-2-1-3-7-24/h1-8,10-11,13-14,16-18,20,23,28,37H,9,12,15,19,21H2,(H2,34,35)/t23?,28-/m0/s1. The van der Waals surface area contributed by atoms with Crippen LogP contribution in [0, 0.1) is 0 Å². The average molecular weight is 554 g/mol. The van der Waals surface area contributed by atoms with E-state index in [1.807, 2.05) is 36.5 Å². The number of nitrogens with one attached hydrogen (secondary N) is 1. The van der Waals surface area contributed by atoms with Gasteiger partial charge in [0.15, 0.2) is 17.3 Å². The van der Waals surface area contributed by atoms with Gasteiger partial charge in [-0.25, -0.2) is 19.6 Å². The van der Waals surface area contributed by atoms with Crippen LogP contribution in [0.2, 0.25) is 0 Å². The van der Waals surface area contributed by atoms with Crippen molar-refractivity contribution in [3.8, 4) is 22.9 Å². The van der Waals surface area contributed by atoms with E-state index in [9.17, 15) is 0 Å². The highest BCUT2D eigenvalue weighted by atomic mass is 15.3. The predicted molar refractivity (Wildman–Crippen MR) is 165 cm³/mol. The molecule has 0 amide bonds. The molecule has 1 fully saturated rings. The van der Waals surface area contributed by atoms with Crippen molar-refractivity contribution in [2.24, 2.45) is 0 Å². The Morgan fingerprint density at radius 1 is 0.857 bits per heavy atom. The summed E-state index contributed by atoms with van der Waals surface area (Å²) in [6, 6.07) is 28.0. The molecule has 2 atom stereocenters. The fourth-order valence-electron chi connectivity index (χ4n) is 6.48. The van der Waals surface area contributed by atoms with Gasteiger partial charge >= 0.3 is 0 Å². The van der Waals surface area contributed by atoms with Crippen LogP contribution in [-0.2, 0) is 6.42 Å². The van der Waals surface area contributed by atoms with Crippen molar-refractivity contribution in [2.45, 2.75) is 31.3 Å². The van der Waals surface area contributed by atoms with Crippen LogP contribution >= 0.6 is 0 Å². The van der Waals surface area contributed by atoms with Gasteiger partial charge in [-0.3, -0.25) is 4.57 Å². The van der Waals surface area contributed by atoms with Crippen molar-refractivity contribution in [1.29, 1.82) is 0 Å². The number of rotatable bonds is 6. The van der Waals surface area contributed by atoms with Gasteiger partial charge in [-0.1, -0.05) is 24.3 Å². The highest BCUT2D eigenvalue weighted by Gasteiger charge is 2.29. The zero-order chi connectivity index (χ0) is 28.0. The van der Waals surface area contributed by atoms with Gasteiger partial charge in [0.1, 0.15) is 11.3 Å². The van der Waals surface area contributed by atoms with Crippen LogP contribution in [0.4, 0.5) is 11.5 Å². The van der Waals surface area contributed by atoms with Crippen LogP contribution < -0.4 is 16.0 Å². The van der Waals surface area contributed by atoms with E-state index in [0.717, 1.165) is 66.4 Å². The van der Waals surface area contributed by atoms with Crippen LogP contribution in [0.1, 0.15) is 30.0 Å². The first-order chi connectivity index (χ1) is 20.7. The zero-order valence-electron chi connectivity index (χ0n) is 23.1. The molecule has 4 aromatic heterocycles. The largest absolute Gasteiger partial charge is 0.383 e. The van der Waals surface area contributed by atoms with Crippen molar-refractivity contribution in [2.75, 3.05) is 23.7 Å². The zero-order valence-corrected chi connectivity index (χ0v) is 23.1. The van der Waals surface area contributed by atoms with E-state index >= 15 is 0 Å². The van der Waals surface area contributed by atoms with E-state index in [4.69, 9.17) is 15.7 Å². The van der Waals surface area contributed by atoms with Crippen molar-refractivity contribution >= 4 is 22.7 Å². The number of nitrogens with zero attached hydrogens (tertiary/aromatic N) is 7. The van der Waals surface area contributed by atoms with E-state index in [2.05, 4.69) is 73.4 Å². The average Bonchev–Trinajstić information content (AvgIpc) is 3.84. The molecule has 9 heteroatoms. The Balaban J connectivity index is 1.14. The smallest absolute Gasteiger partial charge is 0.167 e. The minimum atomic E-state index is 0.354. The second-order valence-corrected chi connectivity index (χ2v) is 11.1. The summed E-state index contributed by atoms with van der Waals surface area (Å²) in [6.45, 7) is 2.12. The molecule has 2 aromatic carbocycles. The molecule has 0 bridgehead atoms. The van der Waals surface area contributed by atoms with Crippen LogP contribution in [0.3, 0.4) is 0 Å². The number of nitrogen functional groups attached to an aromatic ring is 1. The molecule has 1 aliphatic carbocycles. The van der Waals surface area contributed by atoms with Crippen LogP contribution in [0.15, 0.2) is 97.5 Å². The number of hydrogen-bond donors (Lipinski definition) is 2. The topological polar surface area (TPSA) is 103 Å². The third kappa shape index (κ3) is 4.29. The number of imidazole rings is 1. The van der Waals surface area contributed by atoms with Gasteiger partial charge in [0.05, 0.1) is 5.56 Å². The first-order valence-corrected chi connectivity index (χ1v) is 14.5. The lowest BCUT2D eigenvalue weighted by Gasteiger charge is -2.22. The number of aromatic nitrogens is 6. The maximum Gasteiger partial charge on any atom is 0.167 e. The van der Waals surface area contributed by atoms with Gasteiger partial charge in [0.25, 0.3) is 0 Å². The van der Waals surface area contributed by atoms with E-state index in [0.29, 0.717) is 17.9 Å². The SMILES string of the molecule is Nc1ncccc1-c1nc2ccc(-n3cccn3)nc2n1-c1ccc2c(c1)CC[C@@H]2NC1CCN(c2ccccc2)C1. The number of aryl methyl sites for hydroxylation is 1. The van der Waals surface area contributed by atoms with Gasteiger partial charge < -0.3 is 16.0 Å². The van der Waals surface area contributed by atoms with Gasteiger partial charge in [-0.2, -0.15) is 5.10 Å². The molecular weight excluding hydrogens is 522 g/mol. The third-order valence-corrected chi connectivity index (χ3v) is 8.52. The quantitative estimate of drug-likeness (QED) is 0.296. The Labute approximate surface area is 243 Å². The van der Waals surface area contributed by atoms with E-state index in [1.165, 1.54) is 16.8 Å². The first kappa shape index (κ1) is 24.8. The third-order valence-electron chi connectivity index (χ3n) is 8.52. The summed E-state index contributed by atoms with van der Waals surface area (Å²) in [7, 11) is 0. The monoisotopic (exact) mass is 553 g/mol. The van der Waals surface area contributed by atoms with E-state index < -0.39 is 0 Å². The van der Waals surface area contributed by atoms with Crippen LogP contribution in [-0.4, -0.2) is 48.4 Å². The molecule has 2 aliphatic rings. The van der Waals surface area contributed by atoms with Crippen molar-refractivity contribution in [3.63, 3.8) is 0 Å². The normalized spacial score (nSPS) is 18.1. The van der Waals surface area contributed by atoms with Gasteiger partial charge in [0, 0.05) is 55.1 Å². The summed E-state index contributed by atoms with van der Waals surface area (Å²) in [5, 5.41) is 8.36. The van der Waals surface area contributed by atoms with Crippen molar-refractivity contribution in [1.82, 2.24) is 34.6 Å². The van der Waals surface area contributed by atoms with E-state index in [-0.39, 0.29) is 0 Å². The van der Waals surface area contributed by atoms with Gasteiger partial charge in [-0.15, -0.1) is 0 Å². The van der Waals surface area contributed by atoms with Gasteiger partial charge in [-0.05, 0) is 85.0 Å². The molecule has 9 nitrogen and oxygen atoms in total. The number of para-hydroxylation sites is 1. The fourth-order valence-corrected chi connectivity index (χ4v) is 6.48. The van der Waals surface area contributed by atoms with Crippen molar-refractivity contribution in [3.05, 3.63) is 109 Å². The molecule has 1 unspecified atom stereocenters. The number of pyridine rings is 2. The molecule has 1 saturated heterocycles. The number of anilines is 2. The lowest BCUT2D eigenvalue weighted by atomic mass is 10.1. The number of hydrogen-bond acceptors (Lipinski definition) is 7. The summed E-state index contributed by atoms with van der Waals surface area (Å²) in [5.41, 5.74) is 13.7. The summed E-state index contributed by atoms with van der Waals surface area (Å²) in [4.78, 5) is 16.8. The maximum atomic E-state index is 6.35. The summed E-state index contributed by atoms with van der Waals surface area (Å²) >= 11 is 0. The summed E-state index contributed by atoms with van der Waals surface area (Å²) in [6.07, 6.45) is 8.61. The molecule has 0 radical (unpaired) electrons. The minimum Gasteiger partial charge on any atom is -0.383 e. The Bertz CT molecular complexity index is 1880. The lowest BCUT2D eigenvalue weighted by Crippen LogP contribution is -2.34. The Kier molecular flexibility index (Phi) is 5.96. The molecule has 8 rings (SSSR count).